The zero-order valence-corrected chi connectivity index (χ0v) is 19.0. The van der Waals surface area contributed by atoms with Crippen LogP contribution in [0.4, 0.5) is 0 Å². The van der Waals surface area contributed by atoms with E-state index in [0.29, 0.717) is 27.8 Å². The van der Waals surface area contributed by atoms with Gasteiger partial charge in [0.05, 0.1) is 17.8 Å². The lowest BCUT2D eigenvalue weighted by atomic mass is 10.1. The largest absolute Gasteiger partial charge is 0.494 e. The van der Waals surface area contributed by atoms with Gasteiger partial charge in [-0.25, -0.2) is 5.43 Å². The van der Waals surface area contributed by atoms with E-state index in [9.17, 15) is 4.79 Å². The Morgan fingerprint density at radius 1 is 0.967 bits per heavy atom. The number of hydrogen-bond acceptors (Lipinski definition) is 3. The number of hydrazone groups is 1. The standard InChI is InChI=1S/C24H30Cl2N2O2/c1-2-3-4-5-6-7-8-9-16-30-22-14-11-19(12-15-22)24(29)28-27-18-20-10-13-21(25)17-23(20)26/h10-15,17-18H,2-9,16H2,1H3,(H,28,29)/b27-18+. The molecule has 0 fully saturated rings. The zero-order chi connectivity index (χ0) is 21.6. The second-order valence-corrected chi connectivity index (χ2v) is 8.06. The first-order chi connectivity index (χ1) is 14.6. The van der Waals surface area contributed by atoms with Crippen LogP contribution >= 0.6 is 23.2 Å². The molecular formula is C24H30Cl2N2O2. The van der Waals surface area contributed by atoms with Crippen molar-refractivity contribution >= 4 is 35.3 Å². The fourth-order valence-corrected chi connectivity index (χ4v) is 3.42. The first-order valence-electron chi connectivity index (χ1n) is 10.6. The van der Waals surface area contributed by atoms with Gasteiger partial charge >= 0.3 is 0 Å². The minimum Gasteiger partial charge on any atom is -0.494 e. The number of benzene rings is 2. The maximum absolute atomic E-state index is 12.2. The summed E-state index contributed by atoms with van der Waals surface area (Å²) in [5.41, 5.74) is 3.67. The van der Waals surface area contributed by atoms with Gasteiger partial charge in [-0.3, -0.25) is 4.79 Å². The number of hydrogen-bond donors (Lipinski definition) is 1. The molecule has 30 heavy (non-hydrogen) atoms. The van der Waals surface area contributed by atoms with Crippen molar-refractivity contribution in [1.82, 2.24) is 5.43 Å². The number of ether oxygens (including phenoxy) is 1. The maximum atomic E-state index is 12.2. The number of rotatable bonds is 13. The van der Waals surface area contributed by atoms with Crippen molar-refractivity contribution in [2.24, 2.45) is 5.10 Å². The van der Waals surface area contributed by atoms with Gasteiger partial charge in [0.1, 0.15) is 5.75 Å². The summed E-state index contributed by atoms with van der Waals surface area (Å²) in [4.78, 5) is 12.2. The highest BCUT2D eigenvalue weighted by Crippen LogP contribution is 2.19. The second-order valence-electron chi connectivity index (χ2n) is 7.21. The van der Waals surface area contributed by atoms with E-state index in [1.807, 2.05) is 0 Å². The number of nitrogens with one attached hydrogen (secondary N) is 1. The quantitative estimate of drug-likeness (QED) is 0.199. The molecule has 2 aromatic carbocycles. The van der Waals surface area contributed by atoms with Gasteiger partial charge in [-0.15, -0.1) is 0 Å². The molecule has 0 unspecified atom stereocenters. The normalized spacial score (nSPS) is 11.0. The lowest BCUT2D eigenvalue weighted by molar-refractivity contribution is 0.0955. The van der Waals surface area contributed by atoms with E-state index in [0.717, 1.165) is 12.2 Å². The third-order valence-electron chi connectivity index (χ3n) is 4.72. The van der Waals surface area contributed by atoms with Crippen LogP contribution in [-0.4, -0.2) is 18.7 Å². The summed E-state index contributed by atoms with van der Waals surface area (Å²) in [6.07, 6.45) is 11.7. The molecule has 0 aromatic heterocycles. The lowest BCUT2D eigenvalue weighted by Gasteiger charge is -2.07. The van der Waals surface area contributed by atoms with Gasteiger partial charge in [0.15, 0.2) is 0 Å². The van der Waals surface area contributed by atoms with Gasteiger partial charge in [0.25, 0.3) is 5.91 Å². The Morgan fingerprint density at radius 3 is 2.30 bits per heavy atom. The molecule has 0 atom stereocenters. The van der Waals surface area contributed by atoms with E-state index in [2.05, 4.69) is 17.5 Å². The van der Waals surface area contributed by atoms with Crippen molar-refractivity contribution in [1.29, 1.82) is 0 Å². The molecule has 1 N–H and O–H groups in total. The second kappa shape index (κ2) is 14.1. The first-order valence-corrected chi connectivity index (χ1v) is 11.4. The number of unbranched alkanes of at least 4 members (excludes halogenated alkanes) is 7. The van der Waals surface area contributed by atoms with Crippen LogP contribution in [0.1, 0.15) is 74.2 Å². The van der Waals surface area contributed by atoms with Gasteiger partial charge in [0.2, 0.25) is 0 Å². The number of halogens is 2. The van der Waals surface area contributed by atoms with E-state index >= 15 is 0 Å². The van der Waals surface area contributed by atoms with Crippen LogP contribution in [0.25, 0.3) is 0 Å². The minimum absolute atomic E-state index is 0.300. The van der Waals surface area contributed by atoms with E-state index < -0.39 is 0 Å². The van der Waals surface area contributed by atoms with E-state index in [4.69, 9.17) is 27.9 Å². The molecule has 0 aliphatic carbocycles. The van der Waals surface area contributed by atoms with Crippen molar-refractivity contribution in [2.45, 2.75) is 58.3 Å². The van der Waals surface area contributed by atoms with Crippen molar-refractivity contribution in [3.63, 3.8) is 0 Å². The SMILES string of the molecule is CCCCCCCCCCOc1ccc(C(=O)N/N=C/c2ccc(Cl)cc2Cl)cc1. The summed E-state index contributed by atoms with van der Waals surface area (Å²) in [6.45, 7) is 2.94. The molecule has 0 aliphatic heterocycles. The van der Waals surface area contributed by atoms with Crippen LogP contribution in [0.3, 0.4) is 0 Å². The summed E-state index contributed by atoms with van der Waals surface area (Å²) in [5.74, 6) is 0.469. The Morgan fingerprint density at radius 2 is 1.63 bits per heavy atom. The Hall–Kier alpha value is -2.04. The van der Waals surface area contributed by atoms with Gasteiger partial charge < -0.3 is 4.74 Å². The highest BCUT2D eigenvalue weighted by molar-refractivity contribution is 6.36. The first kappa shape index (κ1) is 24.2. The van der Waals surface area contributed by atoms with Crippen LogP contribution in [0.2, 0.25) is 10.0 Å². The summed E-state index contributed by atoms with van der Waals surface area (Å²) < 4.78 is 5.76. The third kappa shape index (κ3) is 9.19. The molecule has 0 radical (unpaired) electrons. The van der Waals surface area contributed by atoms with Crippen molar-refractivity contribution in [2.75, 3.05) is 6.61 Å². The highest BCUT2D eigenvalue weighted by Gasteiger charge is 2.05. The maximum Gasteiger partial charge on any atom is 0.271 e. The highest BCUT2D eigenvalue weighted by atomic mass is 35.5. The Kier molecular flexibility index (Phi) is 11.3. The van der Waals surface area contributed by atoms with Crippen LogP contribution in [0.5, 0.6) is 5.75 Å². The molecule has 0 heterocycles. The topological polar surface area (TPSA) is 50.7 Å². The average molecular weight is 449 g/mol. The molecule has 2 rings (SSSR count). The van der Waals surface area contributed by atoms with Crippen LogP contribution < -0.4 is 10.2 Å². The van der Waals surface area contributed by atoms with Crippen molar-refractivity contribution in [3.8, 4) is 5.75 Å². The summed E-state index contributed by atoms with van der Waals surface area (Å²) in [7, 11) is 0. The Bertz CT molecular complexity index is 807. The third-order valence-corrected chi connectivity index (χ3v) is 5.28. The van der Waals surface area contributed by atoms with Gasteiger partial charge in [-0.2, -0.15) is 5.10 Å². The Balaban J connectivity index is 1.67. The molecule has 0 aliphatic rings. The molecule has 2 aromatic rings. The number of nitrogens with zero attached hydrogens (tertiary/aromatic N) is 1. The Labute approximate surface area is 189 Å². The molecule has 0 spiro atoms. The van der Waals surface area contributed by atoms with E-state index in [1.54, 1.807) is 42.5 Å². The number of carbonyl (C=O) groups is 1. The molecule has 6 heteroatoms. The predicted octanol–water partition coefficient (Wildman–Crippen LogP) is 7.28. The smallest absolute Gasteiger partial charge is 0.271 e. The lowest BCUT2D eigenvalue weighted by Crippen LogP contribution is -2.17. The minimum atomic E-state index is -0.300. The van der Waals surface area contributed by atoms with Gasteiger partial charge in [-0.05, 0) is 42.8 Å². The molecule has 4 nitrogen and oxygen atoms in total. The van der Waals surface area contributed by atoms with Crippen LogP contribution in [0, 0.1) is 0 Å². The molecule has 0 saturated heterocycles. The molecule has 162 valence electrons. The number of amides is 1. The summed E-state index contributed by atoms with van der Waals surface area (Å²) in [5, 5.41) is 4.97. The zero-order valence-electron chi connectivity index (χ0n) is 17.5. The summed E-state index contributed by atoms with van der Waals surface area (Å²) >= 11 is 11.9. The van der Waals surface area contributed by atoms with Gasteiger partial charge in [-0.1, -0.05) is 81.1 Å². The summed E-state index contributed by atoms with van der Waals surface area (Å²) in [6, 6.07) is 12.1. The molecular weight excluding hydrogens is 419 g/mol. The van der Waals surface area contributed by atoms with Crippen LogP contribution in [-0.2, 0) is 0 Å². The molecule has 1 amide bonds. The number of carbonyl (C=O) groups excluding carboxylic acids is 1. The van der Waals surface area contributed by atoms with E-state index in [1.165, 1.54) is 51.2 Å². The fraction of sp³-hybridized carbons (Fsp3) is 0.417. The van der Waals surface area contributed by atoms with Crippen LogP contribution in [0.15, 0.2) is 47.6 Å². The molecule has 0 bridgehead atoms. The average Bonchev–Trinajstić information content (AvgIpc) is 2.74. The molecule has 0 saturated carbocycles. The monoisotopic (exact) mass is 448 g/mol. The van der Waals surface area contributed by atoms with Crippen molar-refractivity contribution < 1.29 is 9.53 Å². The fourth-order valence-electron chi connectivity index (χ4n) is 2.96. The van der Waals surface area contributed by atoms with Crippen molar-refractivity contribution in [3.05, 3.63) is 63.6 Å². The predicted molar refractivity (Wildman–Crippen MR) is 126 cm³/mol. The van der Waals surface area contributed by atoms with E-state index in [-0.39, 0.29) is 5.91 Å². The van der Waals surface area contributed by atoms with Gasteiger partial charge in [0, 0.05) is 16.1 Å².